The van der Waals surface area contributed by atoms with Gasteiger partial charge in [-0.15, -0.1) is 11.3 Å². The molecule has 164 valence electrons. The van der Waals surface area contributed by atoms with Gasteiger partial charge in [-0.05, 0) is 42.6 Å². The molecule has 1 aromatic carbocycles. The summed E-state index contributed by atoms with van der Waals surface area (Å²) in [5.74, 6) is 0.970. The maximum Gasteiger partial charge on any atom is 0.263 e. The topological polar surface area (TPSA) is 105 Å². The Hall–Kier alpha value is -2.28. The number of nitrogens with one attached hydrogen (secondary N) is 1. The van der Waals surface area contributed by atoms with Crippen LogP contribution in [0.3, 0.4) is 0 Å². The molecule has 1 saturated heterocycles. The van der Waals surface area contributed by atoms with E-state index in [1.54, 1.807) is 24.1 Å². The first kappa shape index (κ1) is 21.9. The first-order chi connectivity index (χ1) is 14.9. The molecule has 1 N–H and O–H groups in total. The summed E-state index contributed by atoms with van der Waals surface area (Å²) in [6, 6.07) is 6.43. The van der Waals surface area contributed by atoms with Crippen LogP contribution >= 0.6 is 23.1 Å². The number of carbonyl (C=O) groups is 1. The van der Waals surface area contributed by atoms with Gasteiger partial charge in [-0.1, -0.05) is 5.16 Å². The molecule has 3 aromatic rings. The van der Waals surface area contributed by atoms with Crippen molar-refractivity contribution in [1.29, 1.82) is 0 Å². The van der Waals surface area contributed by atoms with Crippen molar-refractivity contribution in [3.05, 3.63) is 52.3 Å². The fourth-order valence-corrected chi connectivity index (χ4v) is 6.92. The van der Waals surface area contributed by atoms with Crippen molar-refractivity contribution in [2.24, 2.45) is 0 Å². The number of sulfonamides is 1. The molecular weight excluding hydrogens is 463 g/mol. The zero-order chi connectivity index (χ0) is 22.0. The molecule has 0 aliphatic carbocycles. The van der Waals surface area contributed by atoms with Crippen LogP contribution in [-0.4, -0.2) is 53.4 Å². The number of rotatable bonds is 6. The minimum Gasteiger partial charge on any atom is -0.340 e. The number of hydrogen-bond donors (Lipinski definition) is 1. The summed E-state index contributed by atoms with van der Waals surface area (Å²) in [6.07, 6.45) is 0. The van der Waals surface area contributed by atoms with E-state index in [-0.39, 0.29) is 27.3 Å². The first-order valence-electron chi connectivity index (χ1n) is 9.42. The van der Waals surface area contributed by atoms with Crippen molar-refractivity contribution in [1.82, 2.24) is 19.8 Å². The molecule has 0 spiro atoms. The molecule has 0 radical (unpaired) electrons. The van der Waals surface area contributed by atoms with Crippen LogP contribution in [0.4, 0.5) is 4.39 Å². The second-order valence-electron chi connectivity index (χ2n) is 6.79. The number of nitrogens with zero attached hydrogens (tertiary/aromatic N) is 3. The Morgan fingerprint density at radius 2 is 1.94 bits per heavy atom. The van der Waals surface area contributed by atoms with E-state index >= 15 is 0 Å². The Balaban J connectivity index is 1.49. The summed E-state index contributed by atoms with van der Waals surface area (Å²) in [5.41, 5.74) is 0.571. The molecule has 8 nitrogen and oxygen atoms in total. The van der Waals surface area contributed by atoms with Gasteiger partial charge in [0.25, 0.3) is 5.91 Å². The maximum absolute atomic E-state index is 13.1. The van der Waals surface area contributed by atoms with Crippen molar-refractivity contribution >= 4 is 39.0 Å². The van der Waals surface area contributed by atoms with E-state index in [1.165, 1.54) is 34.6 Å². The standard InChI is InChI=1S/C19H19FN4O4S3/c1-12(19-22-17(23-28-19)13-2-4-14(20)5-3-13)21-18(25)16-15(6-9-30-16)31(26,27)24-7-10-29-11-8-24/h2-6,9,12H,7-8,10-11H2,1H3,(H,21,25). The first-order valence-corrected chi connectivity index (χ1v) is 12.9. The number of halogens is 1. The van der Waals surface area contributed by atoms with Gasteiger partial charge in [-0.25, -0.2) is 12.8 Å². The number of hydrogen-bond acceptors (Lipinski definition) is 8. The van der Waals surface area contributed by atoms with E-state index in [0.29, 0.717) is 18.7 Å². The van der Waals surface area contributed by atoms with Crippen LogP contribution in [0.15, 0.2) is 45.1 Å². The molecular formula is C19H19FN4O4S3. The van der Waals surface area contributed by atoms with Gasteiger partial charge in [0.2, 0.25) is 21.7 Å². The third-order valence-corrected chi connectivity index (χ3v) is 8.61. The average molecular weight is 483 g/mol. The van der Waals surface area contributed by atoms with Crippen LogP contribution in [-0.2, 0) is 10.0 Å². The molecule has 31 heavy (non-hydrogen) atoms. The molecule has 1 atom stereocenters. The number of aromatic nitrogens is 2. The Morgan fingerprint density at radius 1 is 1.23 bits per heavy atom. The van der Waals surface area contributed by atoms with Gasteiger partial charge in [-0.2, -0.15) is 21.1 Å². The Morgan fingerprint density at radius 3 is 2.65 bits per heavy atom. The van der Waals surface area contributed by atoms with Crippen LogP contribution in [0.5, 0.6) is 0 Å². The summed E-state index contributed by atoms with van der Waals surface area (Å²) in [7, 11) is -3.74. The molecule has 2 aromatic heterocycles. The number of thiophene rings is 1. The van der Waals surface area contributed by atoms with Crippen LogP contribution in [0.1, 0.15) is 28.5 Å². The molecule has 3 heterocycles. The highest BCUT2D eigenvalue weighted by molar-refractivity contribution is 7.99. The van der Waals surface area contributed by atoms with Gasteiger partial charge in [0, 0.05) is 30.2 Å². The zero-order valence-corrected chi connectivity index (χ0v) is 18.9. The molecule has 1 aliphatic heterocycles. The molecule has 1 unspecified atom stereocenters. The summed E-state index contributed by atoms with van der Waals surface area (Å²) in [5, 5.41) is 8.17. The second kappa shape index (κ2) is 9.07. The van der Waals surface area contributed by atoms with Crippen LogP contribution in [0.2, 0.25) is 0 Å². The Bertz CT molecular complexity index is 1170. The van der Waals surface area contributed by atoms with E-state index in [1.807, 2.05) is 0 Å². The number of carbonyl (C=O) groups excluding carboxylic acids is 1. The number of amides is 1. The van der Waals surface area contributed by atoms with Gasteiger partial charge < -0.3 is 9.84 Å². The Kier molecular flexibility index (Phi) is 6.42. The van der Waals surface area contributed by atoms with Crippen molar-refractivity contribution in [2.45, 2.75) is 17.9 Å². The lowest BCUT2D eigenvalue weighted by atomic mass is 10.2. The zero-order valence-electron chi connectivity index (χ0n) is 16.4. The minimum atomic E-state index is -3.74. The van der Waals surface area contributed by atoms with E-state index in [0.717, 1.165) is 22.8 Å². The average Bonchev–Trinajstić information content (AvgIpc) is 3.45. The third kappa shape index (κ3) is 4.66. The predicted octanol–water partition coefficient (Wildman–Crippen LogP) is 3.17. The summed E-state index contributed by atoms with van der Waals surface area (Å²) in [4.78, 5) is 17.2. The monoisotopic (exact) mass is 482 g/mol. The lowest BCUT2D eigenvalue weighted by molar-refractivity contribution is 0.0933. The molecule has 12 heteroatoms. The number of thioether (sulfide) groups is 1. The van der Waals surface area contributed by atoms with Gasteiger partial charge in [0.05, 0.1) is 0 Å². The lowest BCUT2D eigenvalue weighted by Crippen LogP contribution is -2.38. The third-order valence-electron chi connectivity index (χ3n) is 4.69. The predicted molar refractivity (Wildman–Crippen MR) is 116 cm³/mol. The van der Waals surface area contributed by atoms with Crippen LogP contribution in [0, 0.1) is 5.82 Å². The molecule has 1 aliphatic rings. The summed E-state index contributed by atoms with van der Waals surface area (Å²) >= 11 is 2.77. The highest BCUT2D eigenvalue weighted by Crippen LogP contribution is 2.28. The van der Waals surface area contributed by atoms with E-state index in [9.17, 15) is 17.6 Å². The van der Waals surface area contributed by atoms with Crippen molar-refractivity contribution < 1.29 is 22.1 Å². The molecule has 0 bridgehead atoms. The summed E-state index contributed by atoms with van der Waals surface area (Å²) in [6.45, 7) is 2.51. The van der Waals surface area contributed by atoms with Gasteiger partial charge in [0.15, 0.2) is 0 Å². The van der Waals surface area contributed by atoms with Crippen LogP contribution in [0.25, 0.3) is 11.4 Å². The van der Waals surface area contributed by atoms with Crippen LogP contribution < -0.4 is 5.32 Å². The van der Waals surface area contributed by atoms with Crippen molar-refractivity contribution in [3.63, 3.8) is 0 Å². The number of benzene rings is 1. The van der Waals surface area contributed by atoms with Gasteiger partial charge in [-0.3, -0.25) is 4.79 Å². The molecule has 1 fully saturated rings. The van der Waals surface area contributed by atoms with Gasteiger partial charge >= 0.3 is 0 Å². The second-order valence-corrected chi connectivity index (χ2v) is 10.8. The van der Waals surface area contributed by atoms with E-state index in [2.05, 4.69) is 15.5 Å². The van der Waals surface area contributed by atoms with Crippen molar-refractivity contribution in [3.8, 4) is 11.4 Å². The fraction of sp³-hybridized carbons (Fsp3) is 0.316. The van der Waals surface area contributed by atoms with Gasteiger partial charge in [0.1, 0.15) is 21.6 Å². The van der Waals surface area contributed by atoms with E-state index in [4.69, 9.17) is 4.52 Å². The SMILES string of the molecule is CC(NC(=O)c1sccc1S(=O)(=O)N1CCSCC1)c1nc(-c2ccc(F)cc2)no1. The maximum atomic E-state index is 13.1. The largest absolute Gasteiger partial charge is 0.340 e. The lowest BCUT2D eigenvalue weighted by Gasteiger charge is -2.25. The molecule has 1 amide bonds. The fourth-order valence-electron chi connectivity index (χ4n) is 3.04. The smallest absolute Gasteiger partial charge is 0.263 e. The molecule has 4 rings (SSSR count). The summed E-state index contributed by atoms with van der Waals surface area (Å²) < 4.78 is 45.7. The minimum absolute atomic E-state index is 0.00614. The quantitative estimate of drug-likeness (QED) is 0.575. The molecule has 0 saturated carbocycles. The Labute approximate surface area is 186 Å². The van der Waals surface area contributed by atoms with E-state index < -0.39 is 22.0 Å². The normalized spacial score (nSPS) is 16.2. The highest BCUT2D eigenvalue weighted by Gasteiger charge is 2.32. The highest BCUT2D eigenvalue weighted by atomic mass is 32.2. The van der Waals surface area contributed by atoms with Crippen molar-refractivity contribution in [2.75, 3.05) is 24.6 Å².